The summed E-state index contributed by atoms with van der Waals surface area (Å²) in [5, 5.41) is 11.1. The zero-order valence-corrected chi connectivity index (χ0v) is 14.4. The molecule has 0 unspecified atom stereocenters. The fourth-order valence-electron chi connectivity index (χ4n) is 2.55. The van der Waals surface area contributed by atoms with E-state index in [1.54, 1.807) is 12.4 Å². The van der Waals surface area contributed by atoms with Gasteiger partial charge in [-0.05, 0) is 44.2 Å². The first-order chi connectivity index (χ1) is 12.6. The van der Waals surface area contributed by atoms with Crippen LogP contribution in [0.15, 0.2) is 65.4 Å². The number of H-pyrrole nitrogens is 1. The van der Waals surface area contributed by atoms with Crippen LogP contribution in [0, 0.1) is 0 Å². The lowest BCUT2D eigenvalue weighted by molar-refractivity contribution is 0.329. The number of ether oxygens (including phenoxy) is 1. The molecule has 0 bridgehead atoms. The molecule has 130 valence electrons. The largest absolute Gasteiger partial charge is 0.438 e. The van der Waals surface area contributed by atoms with Gasteiger partial charge in [0, 0.05) is 12.4 Å². The molecule has 3 aromatic heterocycles. The molecular weight excluding hydrogens is 330 g/mol. The summed E-state index contributed by atoms with van der Waals surface area (Å²) in [5.74, 6) is 2.01. The summed E-state index contributed by atoms with van der Waals surface area (Å²) in [7, 11) is 0. The average molecular weight is 347 g/mol. The van der Waals surface area contributed by atoms with Crippen LogP contribution in [0.4, 0.5) is 0 Å². The van der Waals surface area contributed by atoms with Crippen LogP contribution in [0.3, 0.4) is 0 Å². The Bertz CT molecular complexity index is 994. The number of benzene rings is 1. The second-order valence-electron chi connectivity index (χ2n) is 6.29. The van der Waals surface area contributed by atoms with Crippen molar-refractivity contribution in [2.24, 2.45) is 0 Å². The number of para-hydroxylation sites is 1. The number of nitrogens with one attached hydrogen (secondary N) is 1. The molecule has 0 aliphatic heterocycles. The molecule has 7 nitrogen and oxygen atoms in total. The molecule has 26 heavy (non-hydrogen) atoms. The second kappa shape index (κ2) is 6.44. The van der Waals surface area contributed by atoms with E-state index >= 15 is 0 Å². The van der Waals surface area contributed by atoms with E-state index in [1.807, 2.05) is 62.4 Å². The standard InChI is InChI=1S/C19H17N5O2/c1-19(2,15-10-12-21-23-15)18-22-16(24-26-18)14-9-6-11-20-17(14)25-13-7-4-3-5-8-13/h3-12H,1-2H3,(H,21,23). The van der Waals surface area contributed by atoms with Gasteiger partial charge in [-0.2, -0.15) is 10.1 Å². The Morgan fingerprint density at radius 1 is 1.00 bits per heavy atom. The number of pyridine rings is 1. The van der Waals surface area contributed by atoms with Crippen molar-refractivity contribution in [3.63, 3.8) is 0 Å². The molecule has 3 heterocycles. The summed E-state index contributed by atoms with van der Waals surface area (Å²) in [6, 6.07) is 15.0. The third kappa shape index (κ3) is 2.95. The van der Waals surface area contributed by atoms with Gasteiger partial charge in [0.15, 0.2) is 0 Å². The van der Waals surface area contributed by atoms with E-state index in [-0.39, 0.29) is 0 Å². The minimum absolute atomic E-state index is 0.422. The predicted octanol–water partition coefficient (Wildman–Crippen LogP) is 3.97. The summed E-state index contributed by atoms with van der Waals surface area (Å²) in [4.78, 5) is 8.88. The van der Waals surface area contributed by atoms with Gasteiger partial charge in [-0.15, -0.1) is 0 Å². The van der Waals surface area contributed by atoms with E-state index in [4.69, 9.17) is 9.26 Å². The molecule has 0 aliphatic carbocycles. The smallest absolute Gasteiger partial charge is 0.238 e. The fraction of sp³-hybridized carbons (Fsp3) is 0.158. The minimum atomic E-state index is -0.496. The van der Waals surface area contributed by atoms with Crippen molar-refractivity contribution < 1.29 is 9.26 Å². The van der Waals surface area contributed by atoms with Gasteiger partial charge in [-0.25, -0.2) is 4.98 Å². The molecule has 7 heteroatoms. The van der Waals surface area contributed by atoms with Crippen LogP contribution in [0.5, 0.6) is 11.6 Å². The molecule has 0 spiro atoms. The highest BCUT2D eigenvalue weighted by Crippen LogP contribution is 2.33. The quantitative estimate of drug-likeness (QED) is 0.587. The van der Waals surface area contributed by atoms with Gasteiger partial charge in [0.1, 0.15) is 5.75 Å². The topological polar surface area (TPSA) is 89.7 Å². The molecule has 4 aromatic rings. The Balaban J connectivity index is 1.68. The molecule has 0 saturated heterocycles. The van der Waals surface area contributed by atoms with Crippen molar-refractivity contribution in [2.45, 2.75) is 19.3 Å². The normalized spacial score (nSPS) is 11.5. The van der Waals surface area contributed by atoms with Gasteiger partial charge in [0.05, 0.1) is 16.7 Å². The number of aromatic nitrogens is 5. The van der Waals surface area contributed by atoms with Crippen LogP contribution < -0.4 is 4.74 Å². The minimum Gasteiger partial charge on any atom is -0.438 e. The van der Waals surface area contributed by atoms with Gasteiger partial charge in [0.25, 0.3) is 0 Å². The van der Waals surface area contributed by atoms with E-state index in [9.17, 15) is 0 Å². The van der Waals surface area contributed by atoms with Crippen LogP contribution in [0.1, 0.15) is 25.4 Å². The Kier molecular flexibility index (Phi) is 3.96. The average Bonchev–Trinajstić information content (AvgIpc) is 3.36. The van der Waals surface area contributed by atoms with Gasteiger partial charge in [-0.3, -0.25) is 5.10 Å². The summed E-state index contributed by atoms with van der Waals surface area (Å²) < 4.78 is 11.4. The molecular formula is C19H17N5O2. The molecule has 0 amide bonds. The van der Waals surface area contributed by atoms with Crippen LogP contribution >= 0.6 is 0 Å². The van der Waals surface area contributed by atoms with Gasteiger partial charge in [0.2, 0.25) is 17.6 Å². The van der Waals surface area contributed by atoms with Crippen molar-refractivity contribution >= 4 is 0 Å². The van der Waals surface area contributed by atoms with Crippen LogP contribution in [0.25, 0.3) is 11.4 Å². The van der Waals surface area contributed by atoms with Crippen molar-refractivity contribution in [2.75, 3.05) is 0 Å². The number of rotatable bonds is 5. The van der Waals surface area contributed by atoms with Crippen molar-refractivity contribution in [1.29, 1.82) is 0 Å². The Morgan fingerprint density at radius 3 is 2.62 bits per heavy atom. The van der Waals surface area contributed by atoms with Crippen LogP contribution in [-0.2, 0) is 5.41 Å². The third-order valence-electron chi connectivity index (χ3n) is 4.10. The monoisotopic (exact) mass is 347 g/mol. The predicted molar refractivity (Wildman–Crippen MR) is 94.8 cm³/mol. The van der Waals surface area contributed by atoms with Crippen LogP contribution in [-0.4, -0.2) is 25.3 Å². The first kappa shape index (κ1) is 16.0. The molecule has 4 rings (SSSR count). The van der Waals surface area contributed by atoms with Crippen molar-refractivity contribution in [3.05, 3.63) is 72.5 Å². The molecule has 0 radical (unpaired) electrons. The van der Waals surface area contributed by atoms with E-state index in [1.165, 1.54) is 0 Å². The maximum absolute atomic E-state index is 5.88. The van der Waals surface area contributed by atoms with Gasteiger partial charge < -0.3 is 9.26 Å². The molecule has 1 aromatic carbocycles. The first-order valence-corrected chi connectivity index (χ1v) is 8.17. The lowest BCUT2D eigenvalue weighted by Gasteiger charge is -2.17. The highest BCUT2D eigenvalue weighted by Gasteiger charge is 2.32. The first-order valence-electron chi connectivity index (χ1n) is 8.17. The number of hydrogen-bond donors (Lipinski definition) is 1. The lowest BCUT2D eigenvalue weighted by atomic mass is 9.89. The Morgan fingerprint density at radius 2 is 1.85 bits per heavy atom. The molecule has 0 atom stereocenters. The van der Waals surface area contributed by atoms with Gasteiger partial charge >= 0.3 is 0 Å². The Labute approximate surface area is 150 Å². The SMILES string of the molecule is CC(C)(c1ccn[nH]1)c1nc(-c2cccnc2Oc2ccccc2)no1. The van der Waals surface area contributed by atoms with Crippen molar-refractivity contribution in [3.8, 4) is 23.0 Å². The highest BCUT2D eigenvalue weighted by molar-refractivity contribution is 5.61. The third-order valence-corrected chi connectivity index (χ3v) is 4.10. The van der Waals surface area contributed by atoms with E-state index in [0.717, 1.165) is 5.69 Å². The summed E-state index contributed by atoms with van der Waals surface area (Å²) >= 11 is 0. The molecule has 0 aliphatic rings. The maximum atomic E-state index is 5.88. The van der Waals surface area contributed by atoms with Gasteiger partial charge in [-0.1, -0.05) is 23.4 Å². The zero-order chi connectivity index (χ0) is 18.0. The van der Waals surface area contributed by atoms with Crippen molar-refractivity contribution in [1.82, 2.24) is 25.3 Å². The number of aromatic amines is 1. The second-order valence-corrected chi connectivity index (χ2v) is 6.29. The highest BCUT2D eigenvalue weighted by atomic mass is 16.5. The van der Waals surface area contributed by atoms with E-state index in [2.05, 4.69) is 25.3 Å². The Hall–Kier alpha value is -3.48. The number of nitrogens with zero attached hydrogens (tertiary/aromatic N) is 4. The molecule has 0 saturated carbocycles. The zero-order valence-electron chi connectivity index (χ0n) is 14.4. The molecule has 1 N–H and O–H groups in total. The van der Waals surface area contributed by atoms with Crippen LogP contribution in [0.2, 0.25) is 0 Å². The maximum Gasteiger partial charge on any atom is 0.238 e. The fourth-order valence-corrected chi connectivity index (χ4v) is 2.55. The summed E-state index contributed by atoms with van der Waals surface area (Å²) in [5.41, 5.74) is 1.05. The summed E-state index contributed by atoms with van der Waals surface area (Å²) in [6.45, 7) is 3.98. The van der Waals surface area contributed by atoms with E-state index < -0.39 is 5.41 Å². The lowest BCUT2D eigenvalue weighted by Crippen LogP contribution is -2.20. The number of hydrogen-bond acceptors (Lipinski definition) is 6. The molecule has 0 fully saturated rings. The van der Waals surface area contributed by atoms with E-state index in [0.29, 0.717) is 28.9 Å². The summed E-state index contributed by atoms with van der Waals surface area (Å²) in [6.07, 6.45) is 3.36.